The van der Waals surface area contributed by atoms with Gasteiger partial charge in [-0.15, -0.1) is 0 Å². The van der Waals surface area contributed by atoms with Crippen LogP contribution in [-0.2, 0) is 9.59 Å². The fourth-order valence-electron chi connectivity index (χ4n) is 2.49. The third-order valence-corrected chi connectivity index (χ3v) is 3.45. The van der Waals surface area contributed by atoms with Gasteiger partial charge in [-0.25, -0.2) is 8.78 Å². The molecule has 1 heterocycles. The van der Waals surface area contributed by atoms with Crippen molar-refractivity contribution < 1.29 is 18.4 Å². The topological polar surface area (TPSA) is 49.4 Å². The number of rotatable bonds is 3. The Labute approximate surface area is 122 Å². The van der Waals surface area contributed by atoms with Crippen LogP contribution >= 0.6 is 0 Å². The minimum atomic E-state index is -0.804. The molecule has 21 heavy (non-hydrogen) atoms. The van der Waals surface area contributed by atoms with E-state index in [0.717, 1.165) is 23.1 Å². The molecular weight excluding hydrogens is 278 g/mol. The highest BCUT2D eigenvalue weighted by atomic mass is 19.1. The van der Waals surface area contributed by atoms with Crippen molar-refractivity contribution in [3.05, 3.63) is 29.8 Å². The molecule has 2 atom stereocenters. The molecule has 4 nitrogen and oxygen atoms in total. The third kappa shape index (κ3) is 3.20. The number of hydrogen-bond acceptors (Lipinski definition) is 2. The first-order valence-corrected chi connectivity index (χ1v) is 6.89. The van der Waals surface area contributed by atoms with Gasteiger partial charge >= 0.3 is 0 Å². The number of piperazine rings is 1. The quantitative estimate of drug-likeness (QED) is 0.930. The van der Waals surface area contributed by atoms with E-state index in [1.165, 1.54) is 6.92 Å². The molecule has 0 radical (unpaired) electrons. The molecule has 6 heteroatoms. The molecule has 0 aliphatic carbocycles. The number of amides is 2. The molecule has 0 spiro atoms. The average molecular weight is 296 g/mol. The summed E-state index contributed by atoms with van der Waals surface area (Å²) in [5.41, 5.74) is 0.0635. The maximum atomic E-state index is 13.4. The lowest BCUT2D eigenvalue weighted by molar-refractivity contribution is -0.133. The Morgan fingerprint density at radius 1 is 1.19 bits per heavy atom. The van der Waals surface area contributed by atoms with Crippen molar-refractivity contribution in [2.45, 2.75) is 39.3 Å². The van der Waals surface area contributed by atoms with E-state index in [4.69, 9.17) is 0 Å². The molecule has 1 fully saturated rings. The molecule has 114 valence electrons. The van der Waals surface area contributed by atoms with E-state index in [1.807, 2.05) is 13.8 Å². The van der Waals surface area contributed by atoms with Gasteiger partial charge in [-0.3, -0.25) is 14.5 Å². The van der Waals surface area contributed by atoms with Gasteiger partial charge in [-0.1, -0.05) is 13.8 Å². The Balaban J connectivity index is 2.38. The summed E-state index contributed by atoms with van der Waals surface area (Å²) in [6.45, 7) is 5.40. The van der Waals surface area contributed by atoms with Crippen molar-refractivity contribution >= 4 is 17.5 Å². The van der Waals surface area contributed by atoms with E-state index in [9.17, 15) is 18.4 Å². The molecule has 1 aromatic rings. The van der Waals surface area contributed by atoms with Crippen molar-refractivity contribution in [3.8, 4) is 0 Å². The summed E-state index contributed by atoms with van der Waals surface area (Å²) in [5, 5.41) is 2.66. The zero-order valence-corrected chi connectivity index (χ0v) is 12.2. The molecule has 2 unspecified atom stereocenters. The minimum absolute atomic E-state index is 0.0635. The van der Waals surface area contributed by atoms with Crippen LogP contribution in [0.4, 0.5) is 14.5 Å². The summed E-state index contributed by atoms with van der Waals surface area (Å²) in [6.07, 6.45) is 0.478. The lowest BCUT2D eigenvalue weighted by Crippen LogP contribution is -2.63. The van der Waals surface area contributed by atoms with Crippen molar-refractivity contribution in [2.24, 2.45) is 5.92 Å². The van der Waals surface area contributed by atoms with E-state index in [0.29, 0.717) is 6.42 Å². The monoisotopic (exact) mass is 296 g/mol. The second-order valence-corrected chi connectivity index (χ2v) is 5.70. The smallest absolute Gasteiger partial charge is 0.250 e. The molecule has 0 saturated carbocycles. The van der Waals surface area contributed by atoms with Crippen LogP contribution in [0.1, 0.15) is 27.2 Å². The van der Waals surface area contributed by atoms with E-state index in [1.54, 1.807) is 0 Å². The molecule has 1 aromatic carbocycles. The van der Waals surface area contributed by atoms with E-state index >= 15 is 0 Å². The van der Waals surface area contributed by atoms with Gasteiger partial charge in [0.1, 0.15) is 23.7 Å². The van der Waals surface area contributed by atoms with E-state index < -0.39 is 23.7 Å². The fourth-order valence-corrected chi connectivity index (χ4v) is 2.49. The normalized spacial score (nSPS) is 22.7. The predicted molar refractivity (Wildman–Crippen MR) is 74.7 cm³/mol. The summed E-state index contributed by atoms with van der Waals surface area (Å²) >= 11 is 0. The summed E-state index contributed by atoms with van der Waals surface area (Å²) in [4.78, 5) is 25.7. The second-order valence-electron chi connectivity index (χ2n) is 5.70. The molecule has 2 rings (SSSR count). The maximum absolute atomic E-state index is 13.4. The molecule has 0 bridgehead atoms. The van der Waals surface area contributed by atoms with Gasteiger partial charge in [0.25, 0.3) is 0 Å². The summed E-state index contributed by atoms with van der Waals surface area (Å²) in [6, 6.07) is 1.38. The largest absolute Gasteiger partial charge is 0.342 e. The molecule has 1 aliphatic heterocycles. The van der Waals surface area contributed by atoms with Gasteiger partial charge in [0.2, 0.25) is 11.8 Å². The average Bonchev–Trinajstić information content (AvgIpc) is 2.34. The lowest BCUT2D eigenvalue weighted by atomic mass is 9.98. The molecule has 0 aromatic heterocycles. The number of carbonyl (C=O) groups is 2. The molecule has 1 aliphatic rings. The van der Waals surface area contributed by atoms with Crippen molar-refractivity contribution in [1.29, 1.82) is 0 Å². The van der Waals surface area contributed by atoms with Crippen molar-refractivity contribution in [2.75, 3.05) is 4.90 Å². The maximum Gasteiger partial charge on any atom is 0.250 e. The predicted octanol–water partition coefficient (Wildman–Crippen LogP) is 2.23. The van der Waals surface area contributed by atoms with Gasteiger partial charge in [-0.2, -0.15) is 0 Å². The lowest BCUT2D eigenvalue weighted by Gasteiger charge is -2.37. The highest BCUT2D eigenvalue weighted by Crippen LogP contribution is 2.25. The first kappa shape index (κ1) is 15.4. The van der Waals surface area contributed by atoms with Crippen LogP contribution in [0, 0.1) is 17.6 Å². The minimum Gasteiger partial charge on any atom is -0.342 e. The first-order chi connectivity index (χ1) is 9.79. The summed E-state index contributed by atoms with van der Waals surface area (Å²) in [7, 11) is 0. The zero-order valence-electron chi connectivity index (χ0n) is 12.2. The van der Waals surface area contributed by atoms with Crippen LogP contribution in [0.15, 0.2) is 18.2 Å². The first-order valence-electron chi connectivity index (χ1n) is 6.89. The van der Waals surface area contributed by atoms with Gasteiger partial charge in [0, 0.05) is 6.07 Å². The van der Waals surface area contributed by atoms with Gasteiger partial charge in [0.15, 0.2) is 0 Å². The van der Waals surface area contributed by atoms with Crippen LogP contribution in [0.25, 0.3) is 0 Å². The van der Waals surface area contributed by atoms with E-state index in [-0.39, 0.29) is 23.4 Å². The van der Waals surface area contributed by atoms with Crippen molar-refractivity contribution in [1.82, 2.24) is 5.32 Å². The number of benzene rings is 1. The summed E-state index contributed by atoms with van der Waals surface area (Å²) in [5.74, 6) is -2.03. The number of halogens is 2. The number of nitrogens with one attached hydrogen (secondary N) is 1. The van der Waals surface area contributed by atoms with Crippen LogP contribution in [-0.4, -0.2) is 23.9 Å². The summed E-state index contributed by atoms with van der Waals surface area (Å²) < 4.78 is 26.7. The highest BCUT2D eigenvalue weighted by Gasteiger charge is 2.39. The van der Waals surface area contributed by atoms with Crippen LogP contribution < -0.4 is 10.2 Å². The fraction of sp³-hybridized carbons (Fsp3) is 0.467. The third-order valence-electron chi connectivity index (χ3n) is 3.45. The Hall–Kier alpha value is -1.98. The SMILES string of the molecule is CC(C)CC1NC(=O)C(C)N(c2cc(F)cc(F)c2)C1=O. The second kappa shape index (κ2) is 5.79. The molecule has 1 N–H and O–H groups in total. The van der Waals surface area contributed by atoms with Gasteiger partial charge in [0.05, 0.1) is 5.69 Å². The number of anilines is 1. The van der Waals surface area contributed by atoms with E-state index in [2.05, 4.69) is 5.32 Å². The Bertz CT molecular complexity index is 555. The Kier molecular flexibility index (Phi) is 4.25. The van der Waals surface area contributed by atoms with Gasteiger partial charge in [-0.05, 0) is 31.4 Å². The number of hydrogen-bond donors (Lipinski definition) is 1. The Morgan fingerprint density at radius 2 is 1.76 bits per heavy atom. The van der Waals surface area contributed by atoms with Crippen LogP contribution in [0.2, 0.25) is 0 Å². The molecule has 2 amide bonds. The van der Waals surface area contributed by atoms with Crippen molar-refractivity contribution in [3.63, 3.8) is 0 Å². The highest BCUT2D eigenvalue weighted by molar-refractivity contribution is 6.08. The molecule has 1 saturated heterocycles. The zero-order chi connectivity index (χ0) is 15.7. The molecular formula is C15H18F2N2O2. The Morgan fingerprint density at radius 3 is 2.29 bits per heavy atom. The van der Waals surface area contributed by atoms with Gasteiger partial charge < -0.3 is 5.32 Å². The van der Waals surface area contributed by atoms with Crippen LogP contribution in [0.3, 0.4) is 0 Å². The standard InChI is InChI=1S/C15H18F2N2O2/c1-8(2)4-13-15(21)19(9(3)14(20)18-13)12-6-10(16)5-11(17)7-12/h5-9,13H,4H2,1-3H3,(H,18,20). The number of nitrogens with zero attached hydrogens (tertiary/aromatic N) is 1. The number of carbonyl (C=O) groups excluding carboxylic acids is 2. The van der Waals surface area contributed by atoms with Crippen LogP contribution in [0.5, 0.6) is 0 Å².